The molecular weight excluding hydrogens is 471 g/mol. The fraction of sp³-hybridized carbons (Fsp3) is 0.364. The second-order valence-corrected chi connectivity index (χ2v) is 10.3. The zero-order valence-electron chi connectivity index (χ0n) is 17.8. The Bertz CT molecular complexity index is 1150. The Hall–Kier alpha value is -2.69. The Kier molecular flexibility index (Phi) is 6.87. The molecular formula is C22H24ClFN4O4S. The summed E-state index contributed by atoms with van der Waals surface area (Å²) in [6, 6.07) is 9.08. The number of carbonyl (C=O) groups excluding carboxylic acids is 2. The highest BCUT2D eigenvalue weighted by atomic mass is 35.5. The molecule has 2 aliphatic rings. The molecule has 8 nitrogen and oxygen atoms in total. The van der Waals surface area contributed by atoms with E-state index in [4.69, 9.17) is 11.6 Å². The Morgan fingerprint density at radius 1 is 1.03 bits per heavy atom. The van der Waals surface area contributed by atoms with Crippen molar-refractivity contribution in [2.45, 2.75) is 23.8 Å². The molecule has 176 valence electrons. The van der Waals surface area contributed by atoms with E-state index >= 15 is 0 Å². The number of hydrogen-bond acceptors (Lipinski definition) is 5. The number of sulfonamides is 1. The molecule has 0 spiro atoms. The fourth-order valence-electron chi connectivity index (χ4n) is 3.55. The molecule has 2 aromatic carbocycles. The maximum atomic E-state index is 13.1. The van der Waals surface area contributed by atoms with Gasteiger partial charge in [-0.1, -0.05) is 11.6 Å². The van der Waals surface area contributed by atoms with E-state index in [9.17, 15) is 22.4 Å². The summed E-state index contributed by atoms with van der Waals surface area (Å²) < 4.78 is 40.7. The minimum atomic E-state index is -4.01. The van der Waals surface area contributed by atoms with Gasteiger partial charge in [0.15, 0.2) is 0 Å². The molecule has 0 unspecified atom stereocenters. The molecule has 0 aromatic heterocycles. The van der Waals surface area contributed by atoms with Crippen molar-refractivity contribution in [2.75, 3.05) is 37.4 Å². The highest BCUT2D eigenvalue weighted by Gasteiger charge is 2.27. The third kappa shape index (κ3) is 6.01. The lowest BCUT2D eigenvalue weighted by atomic mass is 10.1. The van der Waals surface area contributed by atoms with Crippen LogP contribution >= 0.6 is 11.6 Å². The predicted molar refractivity (Wildman–Crippen MR) is 122 cm³/mol. The summed E-state index contributed by atoms with van der Waals surface area (Å²) in [5.41, 5.74) is 0.346. The third-order valence-corrected chi connectivity index (χ3v) is 7.26. The van der Waals surface area contributed by atoms with Gasteiger partial charge in [-0.25, -0.2) is 12.8 Å². The van der Waals surface area contributed by atoms with Crippen LogP contribution in [0.5, 0.6) is 0 Å². The molecule has 4 rings (SSSR count). The van der Waals surface area contributed by atoms with Gasteiger partial charge in [0.1, 0.15) is 5.82 Å². The summed E-state index contributed by atoms with van der Waals surface area (Å²) in [5.74, 6) is -0.799. The van der Waals surface area contributed by atoms with Crippen LogP contribution in [0, 0.1) is 5.82 Å². The van der Waals surface area contributed by atoms with E-state index in [1.807, 2.05) is 4.90 Å². The molecule has 1 aliphatic carbocycles. The standard InChI is InChI=1S/C22H24ClFN4O4S/c23-19-8-1-15(13-20(19)26-33(31,32)18-6-2-16(24)3-7-18)22(30)28-11-9-27(10-12-28)14-21(29)25-17-4-5-17/h1-3,6-8,13,17,26H,4-5,9-12,14H2,(H,25,29). The first-order valence-electron chi connectivity index (χ1n) is 10.6. The fourth-order valence-corrected chi connectivity index (χ4v) is 4.84. The smallest absolute Gasteiger partial charge is 0.261 e. The maximum absolute atomic E-state index is 13.1. The Balaban J connectivity index is 1.39. The summed E-state index contributed by atoms with van der Waals surface area (Å²) >= 11 is 6.16. The molecule has 0 atom stereocenters. The molecule has 0 radical (unpaired) electrons. The van der Waals surface area contributed by atoms with Gasteiger partial charge in [-0.2, -0.15) is 0 Å². The number of anilines is 1. The quantitative estimate of drug-likeness (QED) is 0.615. The number of carbonyl (C=O) groups is 2. The molecule has 33 heavy (non-hydrogen) atoms. The van der Waals surface area contributed by atoms with Crippen LogP contribution in [0.15, 0.2) is 47.4 Å². The van der Waals surface area contributed by atoms with Crippen LogP contribution in [-0.2, 0) is 14.8 Å². The molecule has 2 fully saturated rings. The second kappa shape index (κ2) is 9.66. The van der Waals surface area contributed by atoms with Crippen molar-refractivity contribution >= 4 is 39.1 Å². The molecule has 2 N–H and O–H groups in total. The number of nitrogens with one attached hydrogen (secondary N) is 2. The van der Waals surface area contributed by atoms with Crippen molar-refractivity contribution < 1.29 is 22.4 Å². The number of nitrogens with zero attached hydrogens (tertiary/aromatic N) is 2. The number of hydrogen-bond donors (Lipinski definition) is 2. The highest BCUT2D eigenvalue weighted by molar-refractivity contribution is 7.92. The lowest BCUT2D eigenvalue weighted by Crippen LogP contribution is -2.51. The topological polar surface area (TPSA) is 98.8 Å². The average Bonchev–Trinajstić information content (AvgIpc) is 3.59. The Labute approximate surface area is 196 Å². The SMILES string of the molecule is O=C(CN1CCN(C(=O)c2ccc(Cl)c(NS(=O)(=O)c3ccc(F)cc3)c2)CC1)NC1CC1. The molecule has 1 aliphatic heterocycles. The lowest BCUT2D eigenvalue weighted by Gasteiger charge is -2.34. The molecule has 1 saturated carbocycles. The van der Waals surface area contributed by atoms with Gasteiger partial charge in [0.05, 0.1) is 22.2 Å². The maximum Gasteiger partial charge on any atom is 0.261 e. The van der Waals surface area contributed by atoms with Crippen LogP contribution in [0.1, 0.15) is 23.2 Å². The summed E-state index contributed by atoms with van der Waals surface area (Å²) in [4.78, 5) is 28.5. The molecule has 1 saturated heterocycles. The van der Waals surface area contributed by atoms with E-state index in [1.165, 1.54) is 18.2 Å². The van der Waals surface area contributed by atoms with E-state index in [1.54, 1.807) is 4.90 Å². The van der Waals surface area contributed by atoms with Gasteiger partial charge in [0.25, 0.3) is 15.9 Å². The van der Waals surface area contributed by atoms with Gasteiger partial charge in [-0.05, 0) is 55.3 Å². The molecule has 0 bridgehead atoms. The first-order valence-corrected chi connectivity index (χ1v) is 12.5. The normalized spacial score (nSPS) is 17.0. The average molecular weight is 495 g/mol. The number of rotatable bonds is 7. The minimum Gasteiger partial charge on any atom is -0.352 e. The van der Waals surface area contributed by atoms with Gasteiger partial charge in [-0.3, -0.25) is 19.2 Å². The largest absolute Gasteiger partial charge is 0.352 e. The monoisotopic (exact) mass is 494 g/mol. The van der Waals surface area contributed by atoms with Crippen molar-refractivity contribution in [1.82, 2.24) is 15.1 Å². The zero-order valence-corrected chi connectivity index (χ0v) is 19.3. The summed E-state index contributed by atoms with van der Waals surface area (Å²) in [6.07, 6.45) is 2.08. The van der Waals surface area contributed by atoms with Crippen LogP contribution in [0.2, 0.25) is 5.02 Å². The predicted octanol–water partition coefficient (Wildman–Crippen LogP) is 2.32. The molecule has 2 amide bonds. The third-order valence-electron chi connectivity index (χ3n) is 5.55. The van der Waals surface area contributed by atoms with Crippen molar-refractivity contribution in [2.24, 2.45) is 0 Å². The van der Waals surface area contributed by atoms with Crippen molar-refractivity contribution in [3.8, 4) is 0 Å². The van der Waals surface area contributed by atoms with Crippen LogP contribution in [0.25, 0.3) is 0 Å². The molecule has 1 heterocycles. The van der Waals surface area contributed by atoms with E-state index in [2.05, 4.69) is 10.0 Å². The van der Waals surface area contributed by atoms with Gasteiger partial charge in [0, 0.05) is 37.8 Å². The number of benzene rings is 2. The van der Waals surface area contributed by atoms with Crippen LogP contribution < -0.4 is 10.0 Å². The van der Waals surface area contributed by atoms with E-state index in [-0.39, 0.29) is 33.0 Å². The first-order chi connectivity index (χ1) is 15.7. The second-order valence-electron chi connectivity index (χ2n) is 8.16. The van der Waals surface area contributed by atoms with Gasteiger partial charge < -0.3 is 10.2 Å². The van der Waals surface area contributed by atoms with Crippen LogP contribution in [0.4, 0.5) is 10.1 Å². The number of piperazine rings is 1. The molecule has 2 aromatic rings. The zero-order chi connectivity index (χ0) is 23.6. The summed E-state index contributed by atoms with van der Waals surface area (Å²) in [6.45, 7) is 2.36. The van der Waals surface area contributed by atoms with E-state index < -0.39 is 15.8 Å². The lowest BCUT2D eigenvalue weighted by molar-refractivity contribution is -0.122. The summed E-state index contributed by atoms with van der Waals surface area (Å²) in [7, 11) is -4.01. The Morgan fingerprint density at radius 3 is 2.33 bits per heavy atom. The highest BCUT2D eigenvalue weighted by Crippen LogP contribution is 2.27. The van der Waals surface area contributed by atoms with Gasteiger partial charge in [0.2, 0.25) is 5.91 Å². The van der Waals surface area contributed by atoms with E-state index in [0.717, 1.165) is 37.1 Å². The van der Waals surface area contributed by atoms with Crippen molar-refractivity contribution in [3.63, 3.8) is 0 Å². The number of amides is 2. The van der Waals surface area contributed by atoms with Crippen molar-refractivity contribution in [1.29, 1.82) is 0 Å². The Morgan fingerprint density at radius 2 is 1.70 bits per heavy atom. The van der Waals surface area contributed by atoms with Gasteiger partial charge >= 0.3 is 0 Å². The first kappa shape index (κ1) is 23.5. The van der Waals surface area contributed by atoms with E-state index in [0.29, 0.717) is 38.8 Å². The number of halogens is 2. The molecule has 11 heteroatoms. The van der Waals surface area contributed by atoms with Gasteiger partial charge in [-0.15, -0.1) is 0 Å². The van der Waals surface area contributed by atoms with Crippen molar-refractivity contribution in [3.05, 3.63) is 58.9 Å². The van der Waals surface area contributed by atoms with Crippen LogP contribution in [-0.4, -0.2) is 68.8 Å². The minimum absolute atomic E-state index is 0.00746. The summed E-state index contributed by atoms with van der Waals surface area (Å²) in [5, 5.41) is 3.09. The van der Waals surface area contributed by atoms with Crippen LogP contribution in [0.3, 0.4) is 0 Å².